The summed E-state index contributed by atoms with van der Waals surface area (Å²) in [6.45, 7) is 4.56. The number of hydrogen-bond donors (Lipinski definition) is 1. The third-order valence-corrected chi connectivity index (χ3v) is 8.51. The molecule has 0 aromatic heterocycles. The van der Waals surface area contributed by atoms with Crippen LogP contribution in [0.1, 0.15) is 71.6 Å². The van der Waals surface area contributed by atoms with E-state index in [0.29, 0.717) is 30.0 Å². The lowest BCUT2D eigenvalue weighted by Crippen LogP contribution is -2.59. The molecule has 128 valence electrons. The van der Waals surface area contributed by atoms with E-state index in [4.69, 9.17) is 0 Å². The highest BCUT2D eigenvalue weighted by Gasteiger charge is 2.60. The van der Waals surface area contributed by atoms with Gasteiger partial charge in [0, 0.05) is 18.3 Å². The van der Waals surface area contributed by atoms with E-state index in [-0.39, 0.29) is 22.5 Å². The largest absolute Gasteiger partial charge is 0.385 e. The monoisotopic (exact) mass is 318 g/mol. The van der Waals surface area contributed by atoms with Crippen LogP contribution in [0.5, 0.6) is 0 Å². The van der Waals surface area contributed by atoms with Crippen molar-refractivity contribution < 1.29 is 14.7 Å². The SMILES string of the molecule is C[C@]12CCC(=O)[C@@H](O)[C@@H]1CC[C@@H]1[C@@H]2CC[C@@]2(C)C(=O)CCC[C@@H]12. The van der Waals surface area contributed by atoms with E-state index >= 15 is 0 Å². The number of aliphatic hydroxyl groups excluding tert-OH is 1. The first-order valence-electron chi connectivity index (χ1n) is 9.62. The minimum atomic E-state index is -0.740. The highest BCUT2D eigenvalue weighted by molar-refractivity contribution is 5.86. The highest BCUT2D eigenvalue weighted by atomic mass is 16.3. The Balaban J connectivity index is 1.66. The van der Waals surface area contributed by atoms with Gasteiger partial charge < -0.3 is 5.11 Å². The molecule has 0 aromatic rings. The summed E-state index contributed by atoms with van der Waals surface area (Å²) in [5.74, 6) is 2.45. The highest BCUT2D eigenvalue weighted by Crippen LogP contribution is 2.64. The van der Waals surface area contributed by atoms with Gasteiger partial charge in [0.25, 0.3) is 0 Å². The minimum absolute atomic E-state index is 0.0550. The van der Waals surface area contributed by atoms with Crippen LogP contribution in [0.25, 0.3) is 0 Å². The molecule has 3 nitrogen and oxygen atoms in total. The van der Waals surface area contributed by atoms with E-state index in [0.717, 1.165) is 44.9 Å². The zero-order valence-corrected chi connectivity index (χ0v) is 14.5. The third-order valence-electron chi connectivity index (χ3n) is 8.51. The Bertz CT molecular complexity index is 541. The second kappa shape index (κ2) is 5.15. The van der Waals surface area contributed by atoms with Gasteiger partial charge in [-0.3, -0.25) is 9.59 Å². The average molecular weight is 318 g/mol. The van der Waals surface area contributed by atoms with Crippen molar-refractivity contribution in [1.82, 2.24) is 0 Å². The molecule has 4 saturated carbocycles. The van der Waals surface area contributed by atoms with Crippen molar-refractivity contribution in [2.45, 2.75) is 77.7 Å². The Morgan fingerprint density at radius 3 is 2.48 bits per heavy atom. The van der Waals surface area contributed by atoms with Crippen LogP contribution < -0.4 is 0 Å². The van der Waals surface area contributed by atoms with Crippen molar-refractivity contribution in [2.24, 2.45) is 34.5 Å². The van der Waals surface area contributed by atoms with Crippen molar-refractivity contribution in [3.8, 4) is 0 Å². The Morgan fingerprint density at radius 1 is 0.913 bits per heavy atom. The van der Waals surface area contributed by atoms with Crippen molar-refractivity contribution in [2.75, 3.05) is 0 Å². The molecule has 0 aliphatic heterocycles. The summed E-state index contributed by atoms with van der Waals surface area (Å²) in [4.78, 5) is 24.6. The summed E-state index contributed by atoms with van der Waals surface area (Å²) in [5.41, 5.74) is 0.00375. The summed E-state index contributed by atoms with van der Waals surface area (Å²) in [6, 6.07) is 0. The smallest absolute Gasteiger partial charge is 0.161 e. The molecule has 4 fully saturated rings. The van der Waals surface area contributed by atoms with Gasteiger partial charge in [-0.2, -0.15) is 0 Å². The molecule has 0 aromatic carbocycles. The number of hydrogen-bond acceptors (Lipinski definition) is 3. The maximum absolute atomic E-state index is 12.6. The standard InChI is InChI=1S/C20H30O3/c1-19-11-9-16(21)18(23)15(19)7-6-12-13-4-3-5-17(22)20(13,2)10-8-14(12)19/h12-15,18,23H,3-11H2,1-2H3/t12-,13-,14-,15-,18-,19+,20+/m0/s1. The molecule has 4 rings (SSSR count). The Hall–Kier alpha value is -0.700. The lowest BCUT2D eigenvalue weighted by molar-refractivity contribution is -0.170. The van der Waals surface area contributed by atoms with Crippen LogP contribution in [0, 0.1) is 34.5 Å². The Labute approximate surface area is 139 Å². The molecule has 0 amide bonds. The molecule has 4 aliphatic carbocycles. The van der Waals surface area contributed by atoms with Crippen molar-refractivity contribution in [3.63, 3.8) is 0 Å². The minimum Gasteiger partial charge on any atom is -0.385 e. The van der Waals surface area contributed by atoms with Gasteiger partial charge in [-0.1, -0.05) is 13.8 Å². The van der Waals surface area contributed by atoms with Crippen LogP contribution >= 0.6 is 0 Å². The van der Waals surface area contributed by atoms with E-state index in [2.05, 4.69) is 13.8 Å². The number of carbonyl (C=O) groups excluding carboxylic acids is 2. The first kappa shape index (κ1) is 15.8. The molecule has 0 saturated heterocycles. The molecular weight excluding hydrogens is 288 g/mol. The number of carbonyl (C=O) groups is 2. The van der Waals surface area contributed by atoms with Gasteiger partial charge in [0.2, 0.25) is 0 Å². The zero-order valence-electron chi connectivity index (χ0n) is 14.5. The fourth-order valence-corrected chi connectivity index (χ4v) is 7.11. The van der Waals surface area contributed by atoms with Crippen LogP contribution in [-0.4, -0.2) is 22.8 Å². The van der Waals surface area contributed by atoms with Crippen LogP contribution in [-0.2, 0) is 9.59 Å². The summed E-state index contributed by atoms with van der Waals surface area (Å²) < 4.78 is 0. The fourth-order valence-electron chi connectivity index (χ4n) is 7.11. The van der Waals surface area contributed by atoms with Crippen molar-refractivity contribution in [3.05, 3.63) is 0 Å². The van der Waals surface area contributed by atoms with Gasteiger partial charge in [0.15, 0.2) is 5.78 Å². The molecule has 1 N–H and O–H groups in total. The maximum atomic E-state index is 12.6. The quantitative estimate of drug-likeness (QED) is 0.743. The topological polar surface area (TPSA) is 54.4 Å². The summed E-state index contributed by atoms with van der Waals surface area (Å²) in [7, 11) is 0. The maximum Gasteiger partial charge on any atom is 0.161 e. The summed E-state index contributed by atoms with van der Waals surface area (Å²) >= 11 is 0. The number of fused-ring (bicyclic) bond motifs is 5. The molecule has 0 bridgehead atoms. The van der Waals surface area contributed by atoms with Crippen LogP contribution in [0.3, 0.4) is 0 Å². The number of aliphatic hydroxyl groups is 1. The van der Waals surface area contributed by atoms with Gasteiger partial charge in [0.1, 0.15) is 11.9 Å². The predicted molar refractivity (Wildman–Crippen MR) is 87.7 cm³/mol. The van der Waals surface area contributed by atoms with Gasteiger partial charge in [-0.15, -0.1) is 0 Å². The molecule has 23 heavy (non-hydrogen) atoms. The molecule has 3 heteroatoms. The van der Waals surface area contributed by atoms with Gasteiger partial charge >= 0.3 is 0 Å². The Morgan fingerprint density at radius 2 is 1.70 bits per heavy atom. The molecule has 7 atom stereocenters. The molecule has 4 aliphatic rings. The molecule has 0 radical (unpaired) electrons. The number of rotatable bonds is 0. The van der Waals surface area contributed by atoms with E-state index < -0.39 is 6.10 Å². The van der Waals surface area contributed by atoms with Crippen molar-refractivity contribution in [1.29, 1.82) is 0 Å². The van der Waals surface area contributed by atoms with Crippen molar-refractivity contribution >= 4 is 11.6 Å². The second-order valence-corrected chi connectivity index (χ2v) is 9.25. The van der Waals surface area contributed by atoms with E-state index in [1.165, 1.54) is 6.42 Å². The van der Waals surface area contributed by atoms with Crippen LogP contribution in [0.4, 0.5) is 0 Å². The van der Waals surface area contributed by atoms with Crippen LogP contribution in [0.2, 0.25) is 0 Å². The number of ketones is 2. The van der Waals surface area contributed by atoms with Gasteiger partial charge in [0.05, 0.1) is 0 Å². The van der Waals surface area contributed by atoms with Gasteiger partial charge in [-0.25, -0.2) is 0 Å². The van der Waals surface area contributed by atoms with E-state index in [9.17, 15) is 14.7 Å². The Kier molecular flexibility index (Phi) is 3.54. The molecule has 0 heterocycles. The lowest BCUT2D eigenvalue weighted by Gasteiger charge is -2.61. The second-order valence-electron chi connectivity index (χ2n) is 9.25. The third kappa shape index (κ3) is 2.04. The predicted octanol–water partition coefficient (Wildman–Crippen LogP) is 3.53. The van der Waals surface area contributed by atoms with Crippen LogP contribution in [0.15, 0.2) is 0 Å². The molecule has 0 spiro atoms. The molecule has 0 unspecified atom stereocenters. The average Bonchev–Trinajstić information content (AvgIpc) is 2.52. The number of Topliss-reactive ketones (excluding diaryl/α,β-unsaturated/α-hetero) is 2. The van der Waals surface area contributed by atoms with Gasteiger partial charge in [-0.05, 0) is 74.0 Å². The summed E-state index contributed by atoms with van der Waals surface area (Å²) in [6.07, 6.45) is 7.96. The summed E-state index contributed by atoms with van der Waals surface area (Å²) in [5, 5.41) is 10.4. The first-order chi connectivity index (χ1) is 10.9. The van der Waals surface area contributed by atoms with E-state index in [1.54, 1.807) is 0 Å². The lowest BCUT2D eigenvalue weighted by atomic mass is 9.42. The normalized spacial score (nSPS) is 53.3. The first-order valence-corrected chi connectivity index (χ1v) is 9.62. The van der Waals surface area contributed by atoms with E-state index in [1.807, 2.05) is 0 Å². The zero-order chi connectivity index (χ0) is 16.4. The fraction of sp³-hybridized carbons (Fsp3) is 0.900. The molecular formula is C20H30O3.